The molecule has 1 aliphatic carbocycles. The van der Waals surface area contributed by atoms with E-state index >= 15 is 0 Å². The van der Waals surface area contributed by atoms with Gasteiger partial charge in [-0.15, -0.1) is 0 Å². The highest BCUT2D eigenvalue weighted by molar-refractivity contribution is 8.78. The molecule has 2 bridgehead atoms. The fraction of sp³-hybridized carbons (Fsp3) is 0.565. The predicted octanol–water partition coefficient (Wildman–Crippen LogP) is -2.51. The number of nitrogens with two attached hydrogens (primary N) is 1. The number of piperazine rings is 1. The van der Waals surface area contributed by atoms with Gasteiger partial charge in [0, 0.05) is 25.6 Å². The van der Waals surface area contributed by atoms with Gasteiger partial charge in [-0.25, -0.2) is 0 Å². The second kappa shape index (κ2) is 13.0. The summed E-state index contributed by atoms with van der Waals surface area (Å²) in [6.07, 6.45) is 4.63. The molecule has 4 aliphatic heterocycles. The van der Waals surface area contributed by atoms with Gasteiger partial charge in [-0.3, -0.25) is 28.8 Å². The first-order chi connectivity index (χ1) is 19.2. The number of aliphatic hydroxyl groups excluding tert-OH is 2. The average molecular weight is 634 g/mol. The molecule has 5 aliphatic rings. The van der Waals surface area contributed by atoms with Crippen molar-refractivity contribution in [1.29, 1.82) is 0 Å². The molecule has 0 radical (unpaired) electrons. The van der Waals surface area contributed by atoms with E-state index in [1.807, 2.05) is 6.08 Å². The number of allylic oxidation sites excluding steroid dienone is 2. The molecule has 15 nitrogen and oxygen atoms in total. The summed E-state index contributed by atoms with van der Waals surface area (Å²) >= 11 is 3.87. The molecule has 0 aromatic rings. The Morgan fingerprint density at radius 1 is 1.22 bits per heavy atom. The van der Waals surface area contributed by atoms with Crippen LogP contribution in [0.25, 0.3) is 0 Å². The van der Waals surface area contributed by atoms with Crippen molar-refractivity contribution in [2.45, 2.75) is 53.2 Å². The van der Waals surface area contributed by atoms with Gasteiger partial charge in [0.05, 0.1) is 18.8 Å². The van der Waals surface area contributed by atoms with Gasteiger partial charge in [-0.1, -0.05) is 29.0 Å². The van der Waals surface area contributed by atoms with Crippen LogP contribution >= 0.6 is 34.2 Å². The van der Waals surface area contributed by atoms with Crippen LogP contribution in [0.2, 0.25) is 0 Å². The Kier molecular flexibility index (Phi) is 10.4. The van der Waals surface area contributed by atoms with Crippen molar-refractivity contribution in [1.82, 2.24) is 20.4 Å². The number of aliphatic carboxylic acids is 2. The van der Waals surface area contributed by atoms with E-state index in [-0.39, 0.29) is 30.4 Å². The minimum absolute atomic E-state index is 0.0256. The van der Waals surface area contributed by atoms with Gasteiger partial charge in [-0.2, -0.15) is 12.6 Å². The number of hydrogen-bond acceptors (Lipinski definition) is 12. The number of carboxylic acid groups (broad SMARTS) is 2. The fourth-order valence-electron chi connectivity index (χ4n) is 4.70. The van der Waals surface area contributed by atoms with Crippen LogP contribution in [0.15, 0.2) is 23.8 Å². The van der Waals surface area contributed by atoms with Crippen molar-refractivity contribution in [3.8, 4) is 0 Å². The Morgan fingerprint density at radius 3 is 2.49 bits per heavy atom. The Hall–Kier alpha value is -2.77. The minimum atomic E-state index is -1.28. The van der Waals surface area contributed by atoms with Gasteiger partial charge in [0.25, 0.3) is 11.8 Å². The van der Waals surface area contributed by atoms with Crippen LogP contribution in [0.4, 0.5) is 0 Å². The lowest BCUT2D eigenvalue weighted by molar-refractivity contribution is -0.168. The number of nitrogens with zero attached hydrogens (tertiary/aromatic N) is 2. The van der Waals surface area contributed by atoms with Crippen molar-refractivity contribution in [3.05, 3.63) is 23.8 Å². The third kappa shape index (κ3) is 6.21. The summed E-state index contributed by atoms with van der Waals surface area (Å²) in [4.78, 5) is 70.1. The number of rotatable bonds is 10. The summed E-state index contributed by atoms with van der Waals surface area (Å²) in [7, 11) is 4.14. The van der Waals surface area contributed by atoms with Crippen LogP contribution in [0, 0.1) is 0 Å². The van der Waals surface area contributed by atoms with Crippen LogP contribution < -0.4 is 16.4 Å². The van der Waals surface area contributed by atoms with E-state index in [0.717, 1.165) is 5.57 Å². The average Bonchev–Trinajstić information content (AvgIpc) is 3.30. The van der Waals surface area contributed by atoms with Crippen LogP contribution in [0.1, 0.15) is 19.3 Å². The van der Waals surface area contributed by atoms with Gasteiger partial charge < -0.3 is 46.6 Å². The summed E-state index contributed by atoms with van der Waals surface area (Å²) in [5.41, 5.74) is 6.12. The first-order valence-corrected chi connectivity index (χ1v) is 15.1. The van der Waals surface area contributed by atoms with E-state index in [4.69, 9.17) is 15.9 Å². The van der Waals surface area contributed by atoms with Crippen LogP contribution in [-0.4, -0.2) is 126 Å². The number of carboxylic acids is 2. The lowest BCUT2D eigenvalue weighted by Crippen LogP contribution is -2.77. The van der Waals surface area contributed by atoms with Crippen molar-refractivity contribution < 1.29 is 49.2 Å². The second-order valence-corrected chi connectivity index (χ2v) is 12.6. The number of carbonyl (C=O) groups excluding carboxylic acids is 4. The zero-order valence-corrected chi connectivity index (χ0v) is 24.3. The molecule has 226 valence electrons. The maximum atomic E-state index is 12.9. The molecule has 6 atom stereocenters. The van der Waals surface area contributed by atoms with Crippen LogP contribution in [-0.2, 0) is 28.8 Å². The molecule has 2 unspecified atom stereocenters. The summed E-state index contributed by atoms with van der Waals surface area (Å²) in [5.74, 6) is -4.18. The zero-order chi connectivity index (χ0) is 30.7. The van der Waals surface area contributed by atoms with Crippen molar-refractivity contribution in [2.24, 2.45) is 5.73 Å². The smallest absolute Gasteiger partial charge is 0.322 e. The Labute approximate surface area is 247 Å². The summed E-state index contributed by atoms with van der Waals surface area (Å²) in [6.45, 7) is -1.00. The van der Waals surface area contributed by atoms with E-state index in [2.05, 4.69) is 23.3 Å². The highest BCUT2D eigenvalue weighted by Gasteiger charge is 2.73. The third-order valence-corrected chi connectivity index (χ3v) is 10.9. The van der Waals surface area contributed by atoms with E-state index in [9.17, 15) is 39.0 Å². The Bertz CT molecular complexity index is 1180. The highest BCUT2D eigenvalue weighted by atomic mass is 33.1. The number of fused-ring (bicyclic) bond motifs is 3. The van der Waals surface area contributed by atoms with E-state index in [1.54, 1.807) is 19.2 Å². The summed E-state index contributed by atoms with van der Waals surface area (Å²) in [5, 5.41) is 41.3. The van der Waals surface area contributed by atoms with Crippen molar-refractivity contribution >= 4 is 69.8 Å². The molecular weight excluding hydrogens is 602 g/mol. The second-order valence-electron chi connectivity index (χ2n) is 9.57. The van der Waals surface area contributed by atoms with Crippen LogP contribution in [0.5, 0.6) is 0 Å². The molecule has 41 heavy (non-hydrogen) atoms. The first kappa shape index (κ1) is 32.7. The molecular formula is C23H31N5O10S3. The van der Waals surface area contributed by atoms with E-state index in [1.165, 1.54) is 31.4 Å². The molecule has 4 fully saturated rings. The summed E-state index contributed by atoms with van der Waals surface area (Å²) < 4.78 is 0. The molecule has 4 heterocycles. The molecule has 1 spiro atoms. The molecule has 0 aromatic heterocycles. The molecule has 4 amide bonds. The molecule has 4 saturated heterocycles. The predicted molar refractivity (Wildman–Crippen MR) is 150 cm³/mol. The monoisotopic (exact) mass is 633 g/mol. The fourth-order valence-corrected chi connectivity index (χ4v) is 8.53. The minimum Gasteiger partial charge on any atom is -0.480 e. The standard InChI is InChI=1S/C13H14N2O4S2.C10H17N3O6S/c1-14-10(18)12-5-7-3-2-4-8(17)9(7)15(12)11(19)13(14,6-16)21-20-12;11-5(10(18)19)1-2-7(14)13-6(4-20)9(17)12-3-8(15)16/h2-4,8-9,16-17H,5-6H2,1H3;5-6,20H,1-4,11H2,(H,12,17)(H,13,14)(H,15,16)(H,18,19)/t8-,9-,12+,13+;/m0./s1. The lowest BCUT2D eigenvalue weighted by atomic mass is 9.97. The highest BCUT2D eigenvalue weighted by Crippen LogP contribution is 2.64. The molecule has 0 saturated carbocycles. The van der Waals surface area contributed by atoms with E-state index in [0.29, 0.717) is 6.42 Å². The van der Waals surface area contributed by atoms with Gasteiger partial charge in [0.2, 0.25) is 16.7 Å². The van der Waals surface area contributed by atoms with Gasteiger partial charge in [-0.05, 0) is 22.8 Å². The number of hydrogen-bond donors (Lipinski definition) is 8. The Morgan fingerprint density at radius 2 is 1.90 bits per heavy atom. The molecule has 0 aromatic carbocycles. The maximum absolute atomic E-state index is 12.9. The number of aliphatic hydroxyl groups is 2. The first-order valence-electron chi connectivity index (χ1n) is 12.3. The zero-order valence-electron chi connectivity index (χ0n) is 21.8. The quantitative estimate of drug-likeness (QED) is 0.0917. The molecule has 8 N–H and O–H groups in total. The number of thiol groups is 1. The number of amides is 4. The van der Waals surface area contributed by atoms with Gasteiger partial charge in [0.1, 0.15) is 18.6 Å². The van der Waals surface area contributed by atoms with Gasteiger partial charge in [0.15, 0.2) is 4.87 Å². The number of carbonyl (C=O) groups is 6. The van der Waals surface area contributed by atoms with Crippen LogP contribution in [0.3, 0.4) is 0 Å². The number of likely N-dealkylation sites (N-methyl/N-ethyl adjacent to an activating group) is 1. The van der Waals surface area contributed by atoms with Crippen molar-refractivity contribution in [2.75, 3.05) is 26.0 Å². The number of nitrogens with one attached hydrogen (secondary N) is 2. The Balaban J connectivity index is 0.000000226. The normalized spacial score (nSPS) is 29.0. The van der Waals surface area contributed by atoms with E-state index < -0.39 is 70.9 Å². The SMILES string of the molecule is CN1C(=O)[C@]23CC4=CC=C[C@H](O)[C@H]4N2C(=O)[C@@]1(CO)SS3.NC(CCC(=O)NC(CS)C(=O)NCC(=O)O)C(=O)O. The molecule has 18 heteroatoms. The topological polar surface area (TPSA) is 240 Å². The largest absolute Gasteiger partial charge is 0.480 e. The summed E-state index contributed by atoms with van der Waals surface area (Å²) in [6, 6.07) is -2.65. The third-order valence-electron chi connectivity index (χ3n) is 6.95. The van der Waals surface area contributed by atoms with Gasteiger partial charge >= 0.3 is 11.9 Å². The molecule has 5 rings (SSSR count). The van der Waals surface area contributed by atoms with Crippen molar-refractivity contribution in [3.63, 3.8) is 0 Å². The maximum Gasteiger partial charge on any atom is 0.322 e. The lowest BCUT2D eigenvalue weighted by Gasteiger charge is -2.58.